The van der Waals surface area contributed by atoms with Crippen LogP contribution in [0, 0.1) is 6.92 Å². The van der Waals surface area contributed by atoms with Crippen molar-refractivity contribution in [3.05, 3.63) is 94.6 Å². The van der Waals surface area contributed by atoms with Crippen molar-refractivity contribution in [3.63, 3.8) is 0 Å². The molecule has 1 amide bonds. The molecule has 1 aliphatic rings. The van der Waals surface area contributed by atoms with E-state index in [0.29, 0.717) is 23.1 Å². The molecule has 194 valence electrons. The second-order valence-corrected chi connectivity index (χ2v) is 10.5. The van der Waals surface area contributed by atoms with Crippen LogP contribution >= 0.6 is 11.3 Å². The van der Waals surface area contributed by atoms with Crippen LogP contribution in [0.5, 0.6) is 5.75 Å². The van der Waals surface area contributed by atoms with Crippen LogP contribution in [0.15, 0.2) is 72.3 Å². The van der Waals surface area contributed by atoms with Crippen molar-refractivity contribution >= 4 is 44.1 Å². The average Bonchev–Trinajstić information content (AvgIpc) is 3.46. The number of aliphatic hydroxyl groups excluding tert-OH is 1. The van der Waals surface area contributed by atoms with Crippen LogP contribution in [0.2, 0.25) is 0 Å². The van der Waals surface area contributed by atoms with Gasteiger partial charge in [0.2, 0.25) is 0 Å². The monoisotopic (exact) mass is 526 g/mol. The van der Waals surface area contributed by atoms with E-state index in [4.69, 9.17) is 9.72 Å². The highest BCUT2D eigenvalue weighted by Gasteiger charge is 2.48. The maximum absolute atomic E-state index is 13.5. The standard InChI is InChI=1S/C31H30N2O4S/c1-4-6-16-37-23-9-7-8-22(18-23)28(34)26-27(21-13-11-20(5-2)12-14-21)33(30(36)29(26)35)31-32-24-15-10-19(3)17-25(24)38-31/h7-15,17-18,27,34H,4-6,16H2,1-3H3/b28-26+. The number of amides is 1. The first-order valence-electron chi connectivity index (χ1n) is 12.9. The molecular formula is C31H30N2O4S. The van der Waals surface area contributed by atoms with Crippen molar-refractivity contribution < 1.29 is 19.4 Å². The van der Waals surface area contributed by atoms with Crippen molar-refractivity contribution in [2.75, 3.05) is 11.5 Å². The van der Waals surface area contributed by atoms with E-state index in [2.05, 4.69) is 13.8 Å². The number of unbranched alkanes of at least 4 members (excludes halogenated alkanes) is 1. The van der Waals surface area contributed by atoms with E-state index < -0.39 is 17.7 Å². The van der Waals surface area contributed by atoms with Gasteiger partial charge in [-0.3, -0.25) is 14.5 Å². The molecule has 38 heavy (non-hydrogen) atoms. The number of ether oxygens (including phenoxy) is 1. The van der Waals surface area contributed by atoms with E-state index in [0.717, 1.165) is 46.2 Å². The smallest absolute Gasteiger partial charge is 0.301 e. The Morgan fingerprint density at radius 1 is 1.05 bits per heavy atom. The van der Waals surface area contributed by atoms with Gasteiger partial charge in [-0.15, -0.1) is 0 Å². The highest BCUT2D eigenvalue weighted by atomic mass is 32.1. The topological polar surface area (TPSA) is 79.7 Å². The zero-order chi connectivity index (χ0) is 26.8. The van der Waals surface area contributed by atoms with E-state index in [9.17, 15) is 14.7 Å². The molecule has 1 N–H and O–H groups in total. The number of aryl methyl sites for hydroxylation is 2. The molecule has 6 nitrogen and oxygen atoms in total. The van der Waals surface area contributed by atoms with Gasteiger partial charge in [0.25, 0.3) is 5.78 Å². The molecule has 0 bridgehead atoms. The molecule has 4 aromatic rings. The number of thiazole rings is 1. The number of ketones is 1. The largest absolute Gasteiger partial charge is 0.507 e. The number of carbonyl (C=O) groups excluding carboxylic acids is 2. The van der Waals surface area contributed by atoms with Crippen molar-refractivity contribution in [2.24, 2.45) is 0 Å². The molecule has 1 unspecified atom stereocenters. The van der Waals surface area contributed by atoms with Gasteiger partial charge in [0, 0.05) is 5.56 Å². The minimum Gasteiger partial charge on any atom is -0.507 e. The lowest BCUT2D eigenvalue weighted by Gasteiger charge is -2.23. The first kappa shape index (κ1) is 25.7. The van der Waals surface area contributed by atoms with Gasteiger partial charge in [-0.25, -0.2) is 4.98 Å². The normalized spacial score (nSPS) is 16.9. The maximum Gasteiger partial charge on any atom is 0.301 e. The number of benzene rings is 3. The lowest BCUT2D eigenvalue weighted by Crippen LogP contribution is -2.29. The van der Waals surface area contributed by atoms with Crippen molar-refractivity contribution in [3.8, 4) is 5.75 Å². The van der Waals surface area contributed by atoms with E-state index in [-0.39, 0.29) is 11.3 Å². The fourth-order valence-corrected chi connectivity index (χ4v) is 5.72. The molecule has 1 aliphatic heterocycles. The molecule has 0 spiro atoms. The summed E-state index contributed by atoms with van der Waals surface area (Å²) in [5.41, 5.74) is 4.18. The zero-order valence-corrected chi connectivity index (χ0v) is 22.5. The molecule has 0 saturated carbocycles. The van der Waals surface area contributed by atoms with Crippen molar-refractivity contribution in [1.29, 1.82) is 0 Å². The summed E-state index contributed by atoms with van der Waals surface area (Å²) in [5.74, 6) is -1.07. The van der Waals surface area contributed by atoms with E-state index in [1.807, 2.05) is 55.5 Å². The number of carbonyl (C=O) groups is 2. The predicted molar refractivity (Wildman–Crippen MR) is 152 cm³/mol. The van der Waals surface area contributed by atoms with Gasteiger partial charge in [0.15, 0.2) is 5.13 Å². The average molecular weight is 527 g/mol. The molecule has 7 heteroatoms. The summed E-state index contributed by atoms with van der Waals surface area (Å²) in [6.45, 7) is 6.72. The van der Waals surface area contributed by atoms with Gasteiger partial charge >= 0.3 is 5.91 Å². The van der Waals surface area contributed by atoms with E-state index >= 15 is 0 Å². The molecular weight excluding hydrogens is 496 g/mol. The summed E-state index contributed by atoms with van der Waals surface area (Å²) in [6.07, 6.45) is 2.78. The Hall–Kier alpha value is -3.97. The summed E-state index contributed by atoms with van der Waals surface area (Å²) in [6, 6.07) is 19.9. The first-order valence-corrected chi connectivity index (χ1v) is 13.7. The van der Waals surface area contributed by atoms with E-state index in [1.54, 1.807) is 18.2 Å². The van der Waals surface area contributed by atoms with E-state index in [1.165, 1.54) is 16.2 Å². The predicted octanol–water partition coefficient (Wildman–Crippen LogP) is 6.97. The van der Waals surface area contributed by atoms with Gasteiger partial charge in [-0.05, 0) is 60.7 Å². The summed E-state index contributed by atoms with van der Waals surface area (Å²) < 4.78 is 6.74. The lowest BCUT2D eigenvalue weighted by atomic mass is 9.94. The Balaban J connectivity index is 1.64. The molecule has 0 radical (unpaired) electrons. The summed E-state index contributed by atoms with van der Waals surface area (Å²) >= 11 is 1.36. The van der Waals surface area contributed by atoms with Gasteiger partial charge in [0.1, 0.15) is 11.5 Å². The maximum atomic E-state index is 13.5. The van der Waals surface area contributed by atoms with Gasteiger partial charge < -0.3 is 9.84 Å². The van der Waals surface area contributed by atoms with Crippen LogP contribution in [0.4, 0.5) is 5.13 Å². The number of hydrogen-bond acceptors (Lipinski definition) is 6. The SMILES string of the molecule is CCCCOc1cccc(/C(O)=C2\C(=O)C(=O)N(c3nc4ccc(C)cc4s3)C2c2ccc(CC)cc2)c1. The molecule has 2 heterocycles. The minimum atomic E-state index is -0.813. The molecule has 0 aliphatic carbocycles. The molecule has 1 aromatic heterocycles. The Labute approximate surface area is 226 Å². The third-order valence-corrected chi connectivity index (χ3v) is 7.78. The number of hydrogen-bond donors (Lipinski definition) is 1. The van der Waals surface area contributed by atoms with Crippen LogP contribution in [0.25, 0.3) is 16.0 Å². The highest BCUT2D eigenvalue weighted by Crippen LogP contribution is 2.44. The van der Waals surface area contributed by atoms with Crippen molar-refractivity contribution in [2.45, 2.75) is 46.1 Å². The third kappa shape index (κ3) is 4.82. The molecule has 5 rings (SSSR count). The molecule has 1 fully saturated rings. The fraction of sp³-hybridized carbons (Fsp3) is 0.258. The quantitative estimate of drug-likeness (QED) is 0.116. The Morgan fingerprint density at radius 3 is 2.58 bits per heavy atom. The van der Waals surface area contributed by atoms with Crippen LogP contribution in [-0.2, 0) is 16.0 Å². The first-order chi connectivity index (χ1) is 18.4. The summed E-state index contributed by atoms with van der Waals surface area (Å²) in [4.78, 5) is 33.2. The molecule has 3 aromatic carbocycles. The third-order valence-electron chi connectivity index (χ3n) is 6.76. The van der Waals surface area contributed by atoms with Gasteiger partial charge in [-0.1, -0.05) is 74.1 Å². The van der Waals surface area contributed by atoms with Crippen LogP contribution in [0.3, 0.4) is 0 Å². The lowest BCUT2D eigenvalue weighted by molar-refractivity contribution is -0.132. The Bertz CT molecular complexity index is 1540. The fourth-order valence-electron chi connectivity index (χ4n) is 4.63. The zero-order valence-electron chi connectivity index (χ0n) is 21.7. The summed E-state index contributed by atoms with van der Waals surface area (Å²) in [5, 5.41) is 11.9. The number of fused-ring (bicyclic) bond motifs is 1. The Kier molecular flexibility index (Phi) is 7.29. The number of aliphatic hydroxyl groups is 1. The highest BCUT2D eigenvalue weighted by molar-refractivity contribution is 7.22. The van der Waals surface area contributed by atoms with Crippen LogP contribution < -0.4 is 9.64 Å². The Morgan fingerprint density at radius 2 is 1.84 bits per heavy atom. The molecule has 1 atom stereocenters. The number of rotatable bonds is 8. The van der Waals surface area contributed by atoms with Crippen molar-refractivity contribution in [1.82, 2.24) is 4.98 Å². The van der Waals surface area contributed by atoms with Gasteiger partial charge in [-0.2, -0.15) is 0 Å². The summed E-state index contributed by atoms with van der Waals surface area (Å²) in [7, 11) is 0. The number of Topliss-reactive ketones (excluding diaryl/α,β-unsaturated/α-hetero) is 1. The number of anilines is 1. The minimum absolute atomic E-state index is 0.0420. The van der Waals surface area contributed by atoms with Crippen LogP contribution in [-0.4, -0.2) is 28.4 Å². The number of aromatic nitrogens is 1. The molecule has 1 saturated heterocycles. The van der Waals surface area contributed by atoms with Crippen LogP contribution in [0.1, 0.15) is 55.0 Å². The second kappa shape index (κ2) is 10.8. The second-order valence-electron chi connectivity index (χ2n) is 9.46. The number of nitrogens with zero attached hydrogens (tertiary/aromatic N) is 2. The van der Waals surface area contributed by atoms with Gasteiger partial charge in [0.05, 0.1) is 28.4 Å².